The summed E-state index contributed by atoms with van der Waals surface area (Å²) in [5.74, 6) is -1.82. The third-order valence-corrected chi connectivity index (χ3v) is 3.54. The van der Waals surface area contributed by atoms with Gasteiger partial charge in [-0.2, -0.15) is 0 Å². The van der Waals surface area contributed by atoms with Crippen molar-refractivity contribution in [2.75, 3.05) is 17.2 Å². The largest absolute Gasteiger partial charge is 0.482 e. The molecule has 1 aliphatic rings. The fourth-order valence-electron chi connectivity index (χ4n) is 2.36. The van der Waals surface area contributed by atoms with Gasteiger partial charge >= 0.3 is 0 Å². The molecule has 0 aromatic heterocycles. The number of halogens is 2. The topological polar surface area (TPSA) is 67.4 Å². The number of rotatable bonds is 4. The predicted molar refractivity (Wildman–Crippen MR) is 83.9 cm³/mol. The lowest BCUT2D eigenvalue weighted by Gasteiger charge is -2.18. The van der Waals surface area contributed by atoms with Gasteiger partial charge in [0, 0.05) is 6.42 Å². The first kappa shape index (κ1) is 15.9. The van der Waals surface area contributed by atoms with Crippen LogP contribution in [0.5, 0.6) is 5.75 Å². The van der Waals surface area contributed by atoms with Gasteiger partial charge in [-0.3, -0.25) is 9.59 Å². The van der Waals surface area contributed by atoms with E-state index in [1.165, 1.54) is 6.07 Å². The second-order valence-electron chi connectivity index (χ2n) is 5.31. The molecule has 0 bridgehead atoms. The van der Waals surface area contributed by atoms with Gasteiger partial charge in [-0.25, -0.2) is 8.78 Å². The van der Waals surface area contributed by atoms with Gasteiger partial charge in [0.15, 0.2) is 6.61 Å². The van der Waals surface area contributed by atoms with Crippen LogP contribution in [0.3, 0.4) is 0 Å². The summed E-state index contributed by atoms with van der Waals surface area (Å²) in [5.41, 5.74) is 0.890. The molecule has 0 unspecified atom stereocenters. The van der Waals surface area contributed by atoms with Gasteiger partial charge in [0.25, 0.3) is 5.91 Å². The molecule has 1 heterocycles. The van der Waals surface area contributed by atoms with E-state index in [1.54, 1.807) is 18.2 Å². The van der Waals surface area contributed by atoms with Gasteiger partial charge in [0.05, 0.1) is 5.69 Å². The van der Waals surface area contributed by atoms with Gasteiger partial charge in [-0.05, 0) is 36.2 Å². The Morgan fingerprint density at radius 3 is 2.71 bits per heavy atom. The van der Waals surface area contributed by atoms with E-state index in [1.807, 2.05) is 0 Å². The van der Waals surface area contributed by atoms with Crippen LogP contribution >= 0.6 is 0 Å². The summed E-state index contributed by atoms with van der Waals surface area (Å²) in [6.07, 6.45) is 0.395. The average Bonchev–Trinajstić information content (AvgIpc) is 2.56. The lowest BCUT2D eigenvalue weighted by Crippen LogP contribution is -2.25. The van der Waals surface area contributed by atoms with Crippen molar-refractivity contribution < 1.29 is 23.1 Å². The van der Waals surface area contributed by atoms with Crippen LogP contribution in [0.25, 0.3) is 0 Å². The molecule has 1 aliphatic heterocycles. The molecule has 2 amide bonds. The van der Waals surface area contributed by atoms with Gasteiger partial charge in [0.2, 0.25) is 5.91 Å². The lowest BCUT2D eigenvalue weighted by molar-refractivity contribution is -0.118. The van der Waals surface area contributed by atoms with Crippen molar-refractivity contribution in [3.63, 3.8) is 0 Å². The molecule has 0 saturated carbocycles. The molecule has 24 heavy (non-hydrogen) atoms. The highest BCUT2D eigenvalue weighted by atomic mass is 19.1. The molecule has 124 valence electrons. The monoisotopic (exact) mass is 332 g/mol. The van der Waals surface area contributed by atoms with E-state index in [-0.39, 0.29) is 18.9 Å². The summed E-state index contributed by atoms with van der Waals surface area (Å²) < 4.78 is 32.2. The number of anilines is 2. The molecule has 0 radical (unpaired) electrons. The van der Waals surface area contributed by atoms with E-state index in [2.05, 4.69) is 10.6 Å². The number of carbonyl (C=O) groups excluding carboxylic acids is 2. The molecule has 2 aromatic rings. The van der Waals surface area contributed by atoms with Gasteiger partial charge in [0.1, 0.15) is 23.1 Å². The van der Waals surface area contributed by atoms with Gasteiger partial charge in [-0.15, -0.1) is 0 Å². The van der Waals surface area contributed by atoms with Crippen molar-refractivity contribution >= 4 is 23.2 Å². The Bertz CT molecular complexity index is 788. The van der Waals surface area contributed by atoms with Crippen LogP contribution in [0.1, 0.15) is 12.0 Å². The Kier molecular flexibility index (Phi) is 4.41. The maximum absolute atomic E-state index is 13.5. The second kappa shape index (κ2) is 6.66. The summed E-state index contributed by atoms with van der Waals surface area (Å²) in [4.78, 5) is 23.2. The van der Waals surface area contributed by atoms with Crippen molar-refractivity contribution in [1.29, 1.82) is 0 Å². The minimum Gasteiger partial charge on any atom is -0.482 e. The molecule has 0 spiro atoms. The van der Waals surface area contributed by atoms with Crippen molar-refractivity contribution in [3.05, 3.63) is 53.6 Å². The Morgan fingerprint density at radius 2 is 1.96 bits per heavy atom. The van der Waals surface area contributed by atoms with Crippen LogP contribution in [0.15, 0.2) is 36.4 Å². The zero-order valence-corrected chi connectivity index (χ0v) is 12.6. The molecule has 0 aliphatic carbocycles. The van der Waals surface area contributed by atoms with Crippen molar-refractivity contribution in [1.82, 2.24) is 0 Å². The summed E-state index contributed by atoms with van der Waals surface area (Å²) in [6, 6.07) is 8.56. The first-order valence-corrected chi connectivity index (χ1v) is 7.32. The highest BCUT2D eigenvalue weighted by Gasteiger charge is 2.16. The Hall–Kier alpha value is -2.96. The number of hydrogen-bond acceptors (Lipinski definition) is 3. The number of nitrogens with one attached hydrogen (secondary N) is 2. The zero-order valence-electron chi connectivity index (χ0n) is 12.6. The molecular formula is C17H14F2N2O3. The van der Waals surface area contributed by atoms with Crippen LogP contribution in [-0.4, -0.2) is 18.4 Å². The fraction of sp³-hybridized carbons (Fsp3) is 0.176. The van der Waals surface area contributed by atoms with E-state index in [0.29, 0.717) is 17.9 Å². The first-order valence-electron chi connectivity index (χ1n) is 7.32. The van der Waals surface area contributed by atoms with E-state index < -0.39 is 23.2 Å². The molecular weight excluding hydrogens is 318 g/mol. The standard InChI is InChI=1S/C17H14F2N2O3/c18-11-2-1-3-12(19)17(11)21-15(22)7-5-10-4-6-14-13(8-10)20-16(23)9-24-14/h1-4,6,8H,5,7,9H2,(H,20,23)(H,21,22). The predicted octanol–water partition coefficient (Wildman–Crippen LogP) is 2.87. The van der Waals surface area contributed by atoms with Crippen LogP contribution in [0.4, 0.5) is 20.2 Å². The van der Waals surface area contributed by atoms with E-state index >= 15 is 0 Å². The number of amides is 2. The molecule has 7 heteroatoms. The third-order valence-electron chi connectivity index (χ3n) is 3.54. The SMILES string of the molecule is O=C1COc2ccc(CCC(=O)Nc3c(F)cccc3F)cc2N1. The Morgan fingerprint density at radius 1 is 1.21 bits per heavy atom. The fourth-order valence-corrected chi connectivity index (χ4v) is 2.36. The highest BCUT2D eigenvalue weighted by Crippen LogP contribution is 2.29. The molecule has 5 nitrogen and oxygen atoms in total. The summed E-state index contributed by atoms with van der Waals surface area (Å²) in [5, 5.41) is 4.91. The van der Waals surface area contributed by atoms with Crippen LogP contribution in [0.2, 0.25) is 0 Å². The second-order valence-corrected chi connectivity index (χ2v) is 5.31. The smallest absolute Gasteiger partial charge is 0.262 e. The number of carbonyl (C=O) groups is 2. The van der Waals surface area contributed by atoms with Crippen LogP contribution in [0, 0.1) is 11.6 Å². The maximum atomic E-state index is 13.5. The molecule has 3 rings (SSSR count). The van der Waals surface area contributed by atoms with Crippen LogP contribution in [-0.2, 0) is 16.0 Å². The third kappa shape index (κ3) is 3.51. The number of para-hydroxylation sites is 1. The molecule has 0 atom stereocenters. The minimum absolute atomic E-state index is 0.0248. The Balaban J connectivity index is 1.62. The lowest BCUT2D eigenvalue weighted by atomic mass is 10.1. The maximum Gasteiger partial charge on any atom is 0.262 e. The summed E-state index contributed by atoms with van der Waals surface area (Å²) in [7, 11) is 0. The van der Waals surface area contributed by atoms with E-state index in [9.17, 15) is 18.4 Å². The molecule has 2 aromatic carbocycles. The van der Waals surface area contributed by atoms with Crippen molar-refractivity contribution in [3.8, 4) is 5.75 Å². The average molecular weight is 332 g/mol. The number of ether oxygens (including phenoxy) is 1. The molecule has 0 saturated heterocycles. The number of benzene rings is 2. The number of fused-ring (bicyclic) bond motifs is 1. The van der Waals surface area contributed by atoms with Gasteiger partial charge in [-0.1, -0.05) is 12.1 Å². The Labute approximate surface area is 136 Å². The highest BCUT2D eigenvalue weighted by molar-refractivity contribution is 5.95. The molecule has 2 N–H and O–H groups in total. The quantitative estimate of drug-likeness (QED) is 0.905. The van der Waals surface area contributed by atoms with E-state index in [4.69, 9.17) is 4.74 Å². The van der Waals surface area contributed by atoms with E-state index in [0.717, 1.165) is 17.7 Å². The van der Waals surface area contributed by atoms with Crippen LogP contribution < -0.4 is 15.4 Å². The zero-order chi connectivity index (χ0) is 17.1. The summed E-state index contributed by atoms with van der Waals surface area (Å²) >= 11 is 0. The minimum atomic E-state index is -0.822. The van der Waals surface area contributed by atoms with Gasteiger partial charge < -0.3 is 15.4 Å². The number of hydrogen-bond donors (Lipinski definition) is 2. The van der Waals surface area contributed by atoms with Crippen molar-refractivity contribution in [2.45, 2.75) is 12.8 Å². The summed E-state index contributed by atoms with van der Waals surface area (Å²) in [6.45, 7) is -0.0248. The number of aryl methyl sites for hydroxylation is 1. The normalized spacial score (nSPS) is 12.8. The molecule has 0 fully saturated rings. The first-order chi connectivity index (χ1) is 11.5. The van der Waals surface area contributed by atoms with Crippen molar-refractivity contribution in [2.24, 2.45) is 0 Å².